The number of esters is 1. The number of para-hydroxylation sites is 1. The molecular weight excluding hydrogens is 308 g/mol. The second-order valence-electron chi connectivity index (χ2n) is 6.63. The summed E-state index contributed by atoms with van der Waals surface area (Å²) in [4.78, 5) is 24.0. The minimum Gasteiger partial charge on any atom is -0.442 e. The molecule has 126 valence electrons. The number of benzene rings is 1. The zero-order valence-electron chi connectivity index (χ0n) is 13.9. The van der Waals surface area contributed by atoms with Crippen LogP contribution in [-0.4, -0.2) is 29.7 Å². The van der Waals surface area contributed by atoms with E-state index in [0.717, 1.165) is 0 Å². The van der Waals surface area contributed by atoms with Crippen LogP contribution >= 0.6 is 0 Å². The summed E-state index contributed by atoms with van der Waals surface area (Å²) < 4.78 is 5.25. The lowest BCUT2D eigenvalue weighted by Crippen LogP contribution is -2.39. The molecule has 24 heavy (non-hydrogen) atoms. The Balaban J connectivity index is 2.23. The maximum atomic E-state index is 12.3. The summed E-state index contributed by atoms with van der Waals surface area (Å²) >= 11 is 0. The van der Waals surface area contributed by atoms with E-state index in [2.05, 4.69) is 5.10 Å². The van der Waals surface area contributed by atoms with E-state index in [0.29, 0.717) is 5.69 Å². The van der Waals surface area contributed by atoms with Crippen molar-refractivity contribution in [2.45, 2.75) is 39.3 Å². The molecule has 1 aliphatic heterocycles. The van der Waals surface area contributed by atoms with Gasteiger partial charge in [-0.3, -0.25) is 9.80 Å². The molecule has 1 aromatic rings. The molecule has 0 saturated heterocycles. The van der Waals surface area contributed by atoms with Crippen LogP contribution in [0.4, 0.5) is 5.69 Å². The number of rotatable bonds is 4. The Morgan fingerprint density at radius 2 is 2.00 bits per heavy atom. The molecule has 0 fully saturated rings. The quantitative estimate of drug-likeness (QED) is 0.844. The molecule has 0 spiro atoms. The standard InChI is InChI=1S/C17H20N4O3/c1-17(2,3)14(10-18)24-16(23)12-9-13(15(19)22)21(20-12)11-7-5-4-6-8-11/h4-8,13-14H,9H2,1-3H3,(H2,19,22). The Bertz CT molecular complexity index is 701. The minimum absolute atomic E-state index is 0.0470. The van der Waals surface area contributed by atoms with Crippen LogP contribution in [0.1, 0.15) is 27.2 Å². The van der Waals surface area contributed by atoms with Crippen LogP contribution in [0.25, 0.3) is 0 Å². The first kappa shape index (κ1) is 17.5. The minimum atomic E-state index is -0.912. The predicted molar refractivity (Wildman–Crippen MR) is 88.9 cm³/mol. The summed E-state index contributed by atoms with van der Waals surface area (Å²) in [5, 5.41) is 14.8. The topological polar surface area (TPSA) is 109 Å². The van der Waals surface area contributed by atoms with Gasteiger partial charge in [0.05, 0.1) is 5.69 Å². The number of amides is 1. The molecule has 1 aromatic carbocycles. The summed E-state index contributed by atoms with van der Waals surface area (Å²) in [6.07, 6.45) is -0.865. The van der Waals surface area contributed by atoms with E-state index in [1.54, 1.807) is 45.0 Å². The van der Waals surface area contributed by atoms with Crippen LogP contribution in [0.3, 0.4) is 0 Å². The van der Waals surface area contributed by atoms with Crippen molar-refractivity contribution in [2.24, 2.45) is 16.3 Å². The van der Waals surface area contributed by atoms with Gasteiger partial charge in [0.15, 0.2) is 6.10 Å². The molecule has 1 heterocycles. The maximum absolute atomic E-state index is 12.3. The van der Waals surface area contributed by atoms with Crippen molar-refractivity contribution in [1.29, 1.82) is 5.26 Å². The summed E-state index contributed by atoms with van der Waals surface area (Å²) in [7, 11) is 0. The Kier molecular flexibility index (Phi) is 4.88. The molecule has 7 heteroatoms. The lowest BCUT2D eigenvalue weighted by Gasteiger charge is -2.24. The number of ether oxygens (including phenoxy) is 1. The number of nitriles is 1. The number of hydrogen-bond acceptors (Lipinski definition) is 6. The first-order valence-corrected chi connectivity index (χ1v) is 7.55. The van der Waals surface area contributed by atoms with Crippen LogP contribution in [0.5, 0.6) is 0 Å². The summed E-state index contributed by atoms with van der Waals surface area (Å²) in [6, 6.07) is 10.2. The molecule has 2 unspecified atom stereocenters. The van der Waals surface area contributed by atoms with E-state index in [4.69, 9.17) is 10.5 Å². The molecule has 1 amide bonds. The molecule has 2 rings (SSSR count). The van der Waals surface area contributed by atoms with E-state index in [1.807, 2.05) is 12.1 Å². The molecule has 2 N–H and O–H groups in total. The van der Waals surface area contributed by atoms with Crippen LogP contribution in [0.2, 0.25) is 0 Å². The van der Waals surface area contributed by atoms with Crippen LogP contribution in [-0.2, 0) is 14.3 Å². The smallest absolute Gasteiger partial charge is 0.355 e. The van der Waals surface area contributed by atoms with Crippen LogP contribution < -0.4 is 10.7 Å². The monoisotopic (exact) mass is 328 g/mol. The van der Waals surface area contributed by atoms with Crippen molar-refractivity contribution in [3.05, 3.63) is 30.3 Å². The Morgan fingerprint density at radius 3 is 2.50 bits per heavy atom. The molecule has 2 atom stereocenters. The number of hydrazone groups is 1. The van der Waals surface area contributed by atoms with Crippen molar-refractivity contribution >= 4 is 23.3 Å². The van der Waals surface area contributed by atoms with Gasteiger partial charge in [0.25, 0.3) is 0 Å². The fourth-order valence-electron chi connectivity index (χ4n) is 2.25. The number of primary amides is 1. The summed E-state index contributed by atoms with van der Waals surface area (Å²) in [5.41, 5.74) is 5.63. The number of anilines is 1. The lowest BCUT2D eigenvalue weighted by molar-refractivity contribution is -0.142. The number of nitrogens with zero attached hydrogens (tertiary/aromatic N) is 3. The van der Waals surface area contributed by atoms with Gasteiger partial charge in [0, 0.05) is 11.8 Å². The van der Waals surface area contributed by atoms with E-state index in [-0.39, 0.29) is 12.1 Å². The van der Waals surface area contributed by atoms with Gasteiger partial charge in [-0.2, -0.15) is 10.4 Å². The molecule has 0 bridgehead atoms. The second kappa shape index (κ2) is 6.71. The average molecular weight is 328 g/mol. The van der Waals surface area contributed by atoms with E-state index in [9.17, 15) is 14.9 Å². The number of carbonyl (C=O) groups is 2. The van der Waals surface area contributed by atoms with Crippen molar-refractivity contribution in [1.82, 2.24) is 0 Å². The van der Waals surface area contributed by atoms with E-state index in [1.165, 1.54) is 5.01 Å². The summed E-state index contributed by atoms with van der Waals surface area (Å²) in [5.74, 6) is -1.29. The van der Waals surface area contributed by atoms with Gasteiger partial charge in [-0.25, -0.2) is 4.79 Å². The van der Waals surface area contributed by atoms with Crippen molar-refractivity contribution in [3.63, 3.8) is 0 Å². The second-order valence-corrected chi connectivity index (χ2v) is 6.63. The van der Waals surface area contributed by atoms with Crippen LogP contribution in [0.15, 0.2) is 35.4 Å². The van der Waals surface area contributed by atoms with Gasteiger partial charge in [0.2, 0.25) is 5.91 Å². The zero-order valence-corrected chi connectivity index (χ0v) is 13.9. The highest BCUT2D eigenvalue weighted by molar-refractivity contribution is 6.38. The number of hydrogen-bond donors (Lipinski definition) is 1. The maximum Gasteiger partial charge on any atom is 0.355 e. The van der Waals surface area contributed by atoms with Gasteiger partial charge in [-0.1, -0.05) is 39.0 Å². The van der Waals surface area contributed by atoms with E-state index < -0.39 is 29.4 Å². The first-order valence-electron chi connectivity index (χ1n) is 7.55. The number of nitrogens with two attached hydrogens (primary N) is 1. The zero-order chi connectivity index (χ0) is 17.9. The van der Waals surface area contributed by atoms with Gasteiger partial charge in [-0.15, -0.1) is 0 Å². The number of carbonyl (C=O) groups excluding carboxylic acids is 2. The molecule has 0 saturated carbocycles. The average Bonchev–Trinajstić information content (AvgIpc) is 2.97. The van der Waals surface area contributed by atoms with Gasteiger partial charge in [-0.05, 0) is 12.1 Å². The molecule has 7 nitrogen and oxygen atoms in total. The first-order chi connectivity index (χ1) is 11.2. The Morgan fingerprint density at radius 1 is 1.38 bits per heavy atom. The summed E-state index contributed by atoms with van der Waals surface area (Å²) in [6.45, 7) is 5.40. The van der Waals surface area contributed by atoms with E-state index >= 15 is 0 Å². The SMILES string of the molecule is CC(C)(C)C(C#N)OC(=O)C1=NN(c2ccccc2)C(C(N)=O)C1. The van der Waals surface area contributed by atoms with Gasteiger partial charge >= 0.3 is 5.97 Å². The third-order valence-electron chi connectivity index (χ3n) is 3.62. The molecular formula is C17H20N4O3. The lowest BCUT2D eigenvalue weighted by atomic mass is 9.90. The normalized spacial score (nSPS) is 18.5. The van der Waals surface area contributed by atoms with Crippen molar-refractivity contribution in [3.8, 4) is 6.07 Å². The molecule has 0 radical (unpaired) electrons. The molecule has 0 aliphatic carbocycles. The van der Waals surface area contributed by atoms with Crippen molar-refractivity contribution in [2.75, 3.05) is 5.01 Å². The third kappa shape index (κ3) is 3.71. The van der Waals surface area contributed by atoms with Gasteiger partial charge < -0.3 is 10.5 Å². The molecule has 0 aromatic heterocycles. The van der Waals surface area contributed by atoms with Gasteiger partial charge in [0.1, 0.15) is 17.8 Å². The van der Waals surface area contributed by atoms with Crippen LogP contribution in [0, 0.1) is 16.7 Å². The largest absolute Gasteiger partial charge is 0.442 e. The molecule has 1 aliphatic rings. The van der Waals surface area contributed by atoms with Crippen molar-refractivity contribution < 1.29 is 14.3 Å². The Labute approximate surface area is 140 Å². The Hall–Kier alpha value is -2.88. The predicted octanol–water partition coefficient (Wildman–Crippen LogP) is 1.59. The third-order valence-corrected chi connectivity index (χ3v) is 3.62. The fourth-order valence-corrected chi connectivity index (χ4v) is 2.25. The highest BCUT2D eigenvalue weighted by Gasteiger charge is 2.37. The fraction of sp³-hybridized carbons (Fsp3) is 0.412. The highest BCUT2D eigenvalue weighted by atomic mass is 16.5. The highest BCUT2D eigenvalue weighted by Crippen LogP contribution is 2.26.